The zero-order valence-corrected chi connectivity index (χ0v) is 14.5. The summed E-state index contributed by atoms with van der Waals surface area (Å²) in [6, 6.07) is 7.82. The molecule has 0 atom stereocenters. The molecule has 0 bridgehead atoms. The van der Waals surface area contributed by atoms with Crippen molar-refractivity contribution >= 4 is 28.0 Å². The van der Waals surface area contributed by atoms with Gasteiger partial charge >= 0.3 is 6.09 Å². The van der Waals surface area contributed by atoms with Crippen LogP contribution in [-0.4, -0.2) is 26.3 Å². The molecule has 0 radical (unpaired) electrons. The first kappa shape index (κ1) is 16.2. The van der Waals surface area contributed by atoms with Crippen molar-refractivity contribution in [3.63, 3.8) is 0 Å². The third kappa shape index (κ3) is 3.18. The van der Waals surface area contributed by atoms with Crippen LogP contribution >= 0.6 is 0 Å². The van der Waals surface area contributed by atoms with Crippen LogP contribution < -0.4 is 5.43 Å². The lowest BCUT2D eigenvalue weighted by molar-refractivity contribution is 0.0613. The molecule has 3 aromatic rings. The Labute approximate surface area is 140 Å². The number of aryl methyl sites for hydroxylation is 1. The molecular weight excluding hydrogens is 304 g/mol. The van der Waals surface area contributed by atoms with Crippen LogP contribution in [0.2, 0.25) is 0 Å². The predicted molar refractivity (Wildman–Crippen MR) is 94.6 cm³/mol. The fraction of sp³-hybridized carbons (Fsp3) is 0.389. The maximum atomic E-state index is 12.3. The van der Waals surface area contributed by atoms with E-state index in [0.29, 0.717) is 0 Å². The molecule has 0 aliphatic rings. The zero-order chi connectivity index (χ0) is 17.3. The van der Waals surface area contributed by atoms with E-state index in [-0.39, 0.29) is 0 Å². The van der Waals surface area contributed by atoms with Crippen molar-refractivity contribution in [1.29, 1.82) is 0 Å². The number of rotatable bonds is 3. The van der Waals surface area contributed by atoms with E-state index >= 15 is 0 Å². The first-order valence-corrected chi connectivity index (χ1v) is 8.14. The number of hydrogen-bond acceptors (Lipinski definition) is 4. The monoisotopic (exact) mass is 326 g/mol. The molecule has 0 unspecified atom stereocenters. The lowest BCUT2D eigenvalue weighted by Gasteiger charge is -2.20. The van der Waals surface area contributed by atoms with Gasteiger partial charge in [0.25, 0.3) is 0 Å². The van der Waals surface area contributed by atoms with Crippen LogP contribution in [0.15, 0.2) is 30.5 Å². The van der Waals surface area contributed by atoms with Crippen LogP contribution in [0.5, 0.6) is 0 Å². The third-order valence-corrected chi connectivity index (χ3v) is 3.53. The quantitative estimate of drug-likeness (QED) is 0.789. The largest absolute Gasteiger partial charge is 0.443 e. The second-order valence-electron chi connectivity index (χ2n) is 6.74. The number of fused-ring (bicyclic) bond motifs is 3. The van der Waals surface area contributed by atoms with Crippen molar-refractivity contribution in [3.05, 3.63) is 36.3 Å². The topological polar surface area (TPSA) is 69.0 Å². The number of nitrogens with one attached hydrogen (secondary N) is 1. The Hall–Kier alpha value is -2.63. The SMILES string of the molecule is CCCc1nc2cnc3ccccc3c2n1NC(=O)OC(C)(C)C. The lowest BCUT2D eigenvalue weighted by atomic mass is 10.2. The second kappa shape index (κ2) is 6.11. The van der Waals surface area contributed by atoms with Gasteiger partial charge in [0.05, 0.1) is 11.7 Å². The smallest absolute Gasteiger partial charge is 0.427 e. The van der Waals surface area contributed by atoms with E-state index in [2.05, 4.69) is 22.3 Å². The Balaban J connectivity index is 2.14. The van der Waals surface area contributed by atoms with Gasteiger partial charge in [-0.2, -0.15) is 0 Å². The Kier molecular flexibility index (Phi) is 4.13. The number of para-hydroxylation sites is 1. The van der Waals surface area contributed by atoms with Crippen molar-refractivity contribution < 1.29 is 9.53 Å². The van der Waals surface area contributed by atoms with Crippen LogP contribution in [0, 0.1) is 0 Å². The molecular formula is C18H22N4O2. The number of hydrogen-bond donors (Lipinski definition) is 1. The molecule has 3 rings (SSSR count). The standard InChI is InChI=1S/C18H22N4O2/c1-5-8-15-20-14-11-19-13-10-7-6-9-12(13)16(14)22(15)21-17(23)24-18(2,3)4/h6-7,9-11H,5,8H2,1-4H3,(H,21,23). The fourth-order valence-electron chi connectivity index (χ4n) is 2.66. The molecule has 0 saturated carbocycles. The van der Waals surface area contributed by atoms with Gasteiger partial charge in [-0.25, -0.2) is 19.9 Å². The number of benzene rings is 1. The van der Waals surface area contributed by atoms with E-state index in [1.165, 1.54) is 0 Å². The van der Waals surface area contributed by atoms with Crippen LogP contribution in [0.4, 0.5) is 4.79 Å². The molecule has 0 aliphatic heterocycles. The van der Waals surface area contributed by atoms with Gasteiger partial charge in [-0.1, -0.05) is 25.1 Å². The number of ether oxygens (including phenoxy) is 1. The summed E-state index contributed by atoms with van der Waals surface area (Å²) >= 11 is 0. The van der Waals surface area contributed by atoms with Gasteiger partial charge in [-0.3, -0.25) is 4.98 Å². The van der Waals surface area contributed by atoms with E-state index in [1.807, 2.05) is 45.0 Å². The van der Waals surface area contributed by atoms with Crippen LogP contribution in [0.3, 0.4) is 0 Å². The number of carbonyl (C=O) groups is 1. The second-order valence-corrected chi connectivity index (χ2v) is 6.74. The number of amides is 1. The Bertz CT molecular complexity index is 893. The van der Waals surface area contributed by atoms with Crippen molar-refractivity contribution in [2.45, 2.75) is 46.1 Å². The van der Waals surface area contributed by atoms with Gasteiger partial charge in [0.1, 0.15) is 22.5 Å². The molecule has 1 amide bonds. The minimum absolute atomic E-state index is 0.500. The molecule has 2 aromatic heterocycles. The van der Waals surface area contributed by atoms with E-state index in [4.69, 9.17) is 4.74 Å². The summed E-state index contributed by atoms with van der Waals surface area (Å²) in [5.41, 5.74) is 4.73. The van der Waals surface area contributed by atoms with Crippen molar-refractivity contribution in [2.75, 3.05) is 5.43 Å². The van der Waals surface area contributed by atoms with Crippen molar-refractivity contribution in [1.82, 2.24) is 14.6 Å². The maximum Gasteiger partial charge on any atom is 0.427 e. The van der Waals surface area contributed by atoms with Crippen LogP contribution in [0.1, 0.15) is 39.9 Å². The summed E-state index contributed by atoms with van der Waals surface area (Å²) in [6.45, 7) is 7.59. The van der Waals surface area contributed by atoms with Gasteiger partial charge in [-0.15, -0.1) is 0 Å². The molecule has 0 aliphatic carbocycles. The highest BCUT2D eigenvalue weighted by Gasteiger charge is 2.20. The van der Waals surface area contributed by atoms with Gasteiger partial charge < -0.3 is 4.74 Å². The van der Waals surface area contributed by atoms with Crippen molar-refractivity contribution in [3.8, 4) is 0 Å². The minimum Gasteiger partial charge on any atom is -0.443 e. The third-order valence-electron chi connectivity index (χ3n) is 3.53. The average molecular weight is 326 g/mol. The highest BCUT2D eigenvalue weighted by molar-refractivity contribution is 6.03. The molecule has 6 nitrogen and oxygen atoms in total. The number of carbonyl (C=O) groups excluding carboxylic acids is 1. The van der Waals surface area contributed by atoms with Crippen LogP contribution in [-0.2, 0) is 11.2 Å². The zero-order valence-electron chi connectivity index (χ0n) is 14.5. The summed E-state index contributed by atoms with van der Waals surface area (Å²) in [7, 11) is 0. The molecule has 1 aromatic carbocycles. The van der Waals surface area contributed by atoms with E-state index < -0.39 is 11.7 Å². The first-order chi connectivity index (χ1) is 11.4. The predicted octanol–water partition coefficient (Wildman–Crippen LogP) is 4.02. The number of pyridine rings is 1. The Morgan fingerprint density at radius 3 is 2.71 bits per heavy atom. The fourth-order valence-corrected chi connectivity index (χ4v) is 2.66. The molecule has 126 valence electrons. The van der Waals surface area contributed by atoms with Crippen molar-refractivity contribution in [2.24, 2.45) is 0 Å². The summed E-state index contributed by atoms with van der Waals surface area (Å²) in [6.07, 6.45) is 2.91. The maximum absolute atomic E-state index is 12.3. The molecule has 0 saturated heterocycles. The summed E-state index contributed by atoms with van der Waals surface area (Å²) in [4.78, 5) is 21.3. The summed E-state index contributed by atoms with van der Waals surface area (Å²) in [5, 5.41) is 0.945. The Morgan fingerprint density at radius 2 is 2.00 bits per heavy atom. The molecule has 1 N–H and O–H groups in total. The van der Waals surface area contributed by atoms with Gasteiger partial charge in [0.15, 0.2) is 0 Å². The Morgan fingerprint density at radius 1 is 1.25 bits per heavy atom. The first-order valence-electron chi connectivity index (χ1n) is 8.14. The normalized spacial score (nSPS) is 11.8. The number of nitrogens with zero attached hydrogens (tertiary/aromatic N) is 3. The van der Waals surface area contributed by atoms with E-state index in [9.17, 15) is 4.79 Å². The highest BCUT2D eigenvalue weighted by Crippen LogP contribution is 2.24. The number of imidazole rings is 1. The van der Waals surface area contributed by atoms with Gasteiger partial charge in [-0.05, 0) is 33.3 Å². The summed E-state index contributed by atoms with van der Waals surface area (Å²) < 4.78 is 7.12. The van der Waals surface area contributed by atoms with Gasteiger partial charge in [0.2, 0.25) is 0 Å². The summed E-state index contributed by atoms with van der Waals surface area (Å²) in [5.74, 6) is 0.788. The highest BCUT2D eigenvalue weighted by atomic mass is 16.6. The van der Waals surface area contributed by atoms with E-state index in [0.717, 1.165) is 40.6 Å². The molecule has 24 heavy (non-hydrogen) atoms. The molecule has 2 heterocycles. The average Bonchev–Trinajstić information content (AvgIpc) is 2.84. The minimum atomic E-state index is -0.561. The van der Waals surface area contributed by atoms with Crippen LogP contribution in [0.25, 0.3) is 21.9 Å². The molecule has 0 fully saturated rings. The number of aromatic nitrogens is 3. The molecule has 0 spiro atoms. The van der Waals surface area contributed by atoms with E-state index in [1.54, 1.807) is 10.9 Å². The lowest BCUT2D eigenvalue weighted by Crippen LogP contribution is -2.32. The van der Waals surface area contributed by atoms with Gasteiger partial charge in [0, 0.05) is 11.8 Å². The molecule has 6 heteroatoms.